The molecule has 0 bridgehead atoms. The lowest BCUT2D eigenvalue weighted by Gasteiger charge is -2.40. The van der Waals surface area contributed by atoms with E-state index in [1.54, 1.807) is 0 Å². The Morgan fingerprint density at radius 2 is 1.83 bits per heavy atom. The third-order valence-electron chi connectivity index (χ3n) is 4.56. The van der Waals surface area contributed by atoms with Crippen molar-refractivity contribution in [2.75, 3.05) is 38.2 Å². The third kappa shape index (κ3) is 4.04. The van der Waals surface area contributed by atoms with Crippen LogP contribution in [0.4, 0.5) is 10.5 Å². The molecule has 0 aliphatic carbocycles. The number of fused-ring (bicyclic) bond motifs is 1. The maximum Gasteiger partial charge on any atom is 0.319 e. The second kappa shape index (κ2) is 7.20. The van der Waals surface area contributed by atoms with Gasteiger partial charge < -0.3 is 15.4 Å². The summed E-state index contributed by atoms with van der Waals surface area (Å²) < 4.78 is 5.39. The zero-order valence-electron chi connectivity index (χ0n) is 14.3. The number of urea groups is 1. The minimum absolute atomic E-state index is 0.0928. The van der Waals surface area contributed by atoms with Crippen LogP contribution >= 0.6 is 0 Å². The van der Waals surface area contributed by atoms with Crippen LogP contribution in [-0.4, -0.2) is 49.3 Å². The maximum atomic E-state index is 12.2. The highest BCUT2D eigenvalue weighted by molar-refractivity contribution is 5.93. The van der Waals surface area contributed by atoms with Gasteiger partial charge in [0.05, 0.1) is 13.2 Å². The average molecular weight is 327 g/mol. The first-order valence-corrected chi connectivity index (χ1v) is 8.41. The Bertz CT molecular complexity index is 709. The Balaban J connectivity index is 1.56. The van der Waals surface area contributed by atoms with Crippen molar-refractivity contribution in [1.29, 1.82) is 0 Å². The lowest BCUT2D eigenvalue weighted by Crippen LogP contribution is -2.55. The maximum absolute atomic E-state index is 12.2. The molecular weight excluding hydrogens is 302 g/mol. The van der Waals surface area contributed by atoms with E-state index in [-0.39, 0.29) is 11.6 Å². The van der Waals surface area contributed by atoms with E-state index in [4.69, 9.17) is 4.74 Å². The molecule has 3 rings (SSSR count). The van der Waals surface area contributed by atoms with Crippen molar-refractivity contribution in [3.8, 4) is 0 Å². The van der Waals surface area contributed by atoms with Gasteiger partial charge in [0.1, 0.15) is 0 Å². The molecule has 2 N–H and O–H groups in total. The number of benzene rings is 2. The van der Waals surface area contributed by atoms with Gasteiger partial charge in [-0.2, -0.15) is 0 Å². The second-order valence-electron chi connectivity index (χ2n) is 6.78. The molecule has 0 radical (unpaired) electrons. The number of rotatable bonds is 4. The molecule has 1 fully saturated rings. The van der Waals surface area contributed by atoms with Crippen molar-refractivity contribution >= 4 is 22.5 Å². The van der Waals surface area contributed by atoms with Gasteiger partial charge in [-0.3, -0.25) is 4.90 Å². The quantitative estimate of drug-likeness (QED) is 0.907. The SMILES string of the molecule is CC(C)(CNC(=O)Nc1ccc2ccccc2c1)N1CCOCC1. The topological polar surface area (TPSA) is 53.6 Å². The summed E-state index contributed by atoms with van der Waals surface area (Å²) in [5, 5.41) is 8.18. The zero-order valence-corrected chi connectivity index (χ0v) is 14.3. The van der Waals surface area contributed by atoms with Gasteiger partial charge in [0, 0.05) is 30.9 Å². The Hall–Kier alpha value is -2.11. The molecule has 1 aliphatic heterocycles. The summed E-state index contributed by atoms with van der Waals surface area (Å²) in [6.45, 7) is 8.21. The first-order chi connectivity index (χ1) is 11.5. The highest BCUT2D eigenvalue weighted by atomic mass is 16.5. The van der Waals surface area contributed by atoms with Crippen LogP contribution in [0.3, 0.4) is 0 Å². The molecule has 5 nitrogen and oxygen atoms in total. The number of anilines is 1. The van der Waals surface area contributed by atoms with Gasteiger partial charge in [-0.15, -0.1) is 0 Å². The van der Waals surface area contributed by atoms with Crippen LogP contribution in [0.5, 0.6) is 0 Å². The van der Waals surface area contributed by atoms with Gasteiger partial charge in [0.2, 0.25) is 0 Å². The van der Waals surface area contributed by atoms with Crippen molar-refractivity contribution in [2.45, 2.75) is 19.4 Å². The van der Waals surface area contributed by atoms with E-state index in [2.05, 4.69) is 35.4 Å². The molecule has 1 saturated heterocycles. The molecule has 24 heavy (non-hydrogen) atoms. The highest BCUT2D eigenvalue weighted by Gasteiger charge is 2.28. The molecule has 1 heterocycles. The minimum Gasteiger partial charge on any atom is -0.379 e. The second-order valence-corrected chi connectivity index (χ2v) is 6.78. The Morgan fingerprint density at radius 3 is 2.58 bits per heavy atom. The Labute approximate surface area is 143 Å². The van der Waals surface area contributed by atoms with Crippen LogP contribution in [0, 0.1) is 0 Å². The van der Waals surface area contributed by atoms with Crippen LogP contribution in [0.15, 0.2) is 42.5 Å². The van der Waals surface area contributed by atoms with E-state index in [1.807, 2.05) is 36.4 Å². The highest BCUT2D eigenvalue weighted by Crippen LogP contribution is 2.19. The molecule has 0 saturated carbocycles. The van der Waals surface area contributed by atoms with Crippen molar-refractivity contribution in [2.24, 2.45) is 0 Å². The fourth-order valence-electron chi connectivity index (χ4n) is 3.02. The molecule has 0 aromatic heterocycles. The summed E-state index contributed by atoms with van der Waals surface area (Å²) in [5.74, 6) is 0. The number of nitrogens with one attached hydrogen (secondary N) is 2. The first kappa shape index (κ1) is 16.7. The molecule has 2 aromatic carbocycles. The fourth-order valence-corrected chi connectivity index (χ4v) is 3.02. The van der Waals surface area contributed by atoms with Gasteiger partial charge in [-0.1, -0.05) is 30.3 Å². The molecule has 128 valence electrons. The van der Waals surface area contributed by atoms with Crippen LogP contribution < -0.4 is 10.6 Å². The summed E-state index contributed by atoms with van der Waals surface area (Å²) in [6.07, 6.45) is 0. The molecule has 0 atom stereocenters. The fraction of sp³-hybridized carbons (Fsp3) is 0.421. The Kier molecular flexibility index (Phi) is 5.02. The van der Waals surface area contributed by atoms with E-state index in [9.17, 15) is 4.79 Å². The number of nitrogens with zero attached hydrogens (tertiary/aromatic N) is 1. The van der Waals surface area contributed by atoms with Crippen molar-refractivity contribution in [3.63, 3.8) is 0 Å². The van der Waals surface area contributed by atoms with Crippen LogP contribution in [0.1, 0.15) is 13.8 Å². The summed E-state index contributed by atoms with van der Waals surface area (Å²) in [6, 6.07) is 13.9. The van der Waals surface area contributed by atoms with Crippen LogP contribution in [0.2, 0.25) is 0 Å². The normalized spacial score (nSPS) is 16.1. The first-order valence-electron chi connectivity index (χ1n) is 8.41. The summed E-state index contributed by atoms with van der Waals surface area (Å²) in [4.78, 5) is 14.6. The van der Waals surface area contributed by atoms with Gasteiger partial charge in [0.15, 0.2) is 0 Å². The van der Waals surface area contributed by atoms with Crippen molar-refractivity contribution in [1.82, 2.24) is 10.2 Å². The molecule has 5 heteroatoms. The number of amides is 2. The number of ether oxygens (including phenoxy) is 1. The summed E-state index contributed by atoms with van der Waals surface area (Å²) in [5.41, 5.74) is 0.709. The number of hydrogen-bond donors (Lipinski definition) is 2. The Morgan fingerprint density at radius 1 is 1.12 bits per heavy atom. The molecule has 0 unspecified atom stereocenters. The monoisotopic (exact) mass is 327 g/mol. The van der Waals surface area contributed by atoms with Gasteiger partial charge in [0.25, 0.3) is 0 Å². The predicted molar refractivity (Wildman–Crippen MR) is 97.4 cm³/mol. The van der Waals surface area contributed by atoms with Crippen molar-refractivity contribution in [3.05, 3.63) is 42.5 Å². The summed E-state index contributed by atoms with van der Waals surface area (Å²) in [7, 11) is 0. The van der Waals surface area contributed by atoms with Gasteiger partial charge >= 0.3 is 6.03 Å². The van der Waals surface area contributed by atoms with Crippen LogP contribution in [0.25, 0.3) is 10.8 Å². The average Bonchev–Trinajstić information content (AvgIpc) is 2.61. The molecule has 1 aliphatic rings. The van der Waals surface area contributed by atoms with Crippen LogP contribution in [-0.2, 0) is 4.74 Å². The number of carbonyl (C=O) groups excluding carboxylic acids is 1. The van der Waals surface area contributed by atoms with E-state index in [0.29, 0.717) is 6.54 Å². The molecule has 2 amide bonds. The standard InChI is InChI=1S/C19H25N3O2/c1-19(2,22-9-11-24-12-10-22)14-20-18(23)21-17-8-7-15-5-3-4-6-16(15)13-17/h3-8,13H,9-12,14H2,1-2H3,(H2,20,21,23). The van der Waals surface area contributed by atoms with E-state index in [0.717, 1.165) is 42.8 Å². The summed E-state index contributed by atoms with van der Waals surface area (Å²) >= 11 is 0. The third-order valence-corrected chi connectivity index (χ3v) is 4.56. The predicted octanol–water partition coefficient (Wildman–Crippen LogP) is 3.07. The number of carbonyl (C=O) groups is 1. The number of morpholine rings is 1. The van der Waals surface area contributed by atoms with E-state index < -0.39 is 0 Å². The molecule has 0 spiro atoms. The minimum atomic E-state index is -0.174. The van der Waals surface area contributed by atoms with E-state index >= 15 is 0 Å². The lowest BCUT2D eigenvalue weighted by atomic mass is 10.0. The number of hydrogen-bond acceptors (Lipinski definition) is 3. The molecular formula is C19H25N3O2. The van der Waals surface area contributed by atoms with Crippen molar-refractivity contribution < 1.29 is 9.53 Å². The zero-order chi connectivity index (χ0) is 17.0. The lowest BCUT2D eigenvalue weighted by molar-refractivity contribution is -0.00863. The molecule has 2 aromatic rings. The van der Waals surface area contributed by atoms with Gasteiger partial charge in [-0.05, 0) is 36.8 Å². The van der Waals surface area contributed by atoms with Gasteiger partial charge in [-0.25, -0.2) is 4.79 Å². The smallest absolute Gasteiger partial charge is 0.319 e. The van der Waals surface area contributed by atoms with E-state index in [1.165, 1.54) is 0 Å². The largest absolute Gasteiger partial charge is 0.379 e.